The molecule has 4 aromatic carbocycles. The molecular weight excluding hydrogens is 530 g/mol. The molecule has 0 aliphatic carbocycles. The van der Waals surface area contributed by atoms with E-state index in [1.807, 2.05) is 60.7 Å². The molecule has 1 saturated heterocycles. The first-order valence-electron chi connectivity index (χ1n) is 13.8. The third-order valence-corrected chi connectivity index (χ3v) is 7.17. The van der Waals surface area contributed by atoms with E-state index in [0.29, 0.717) is 29.2 Å². The smallest absolute Gasteiger partial charge is 0.323 e. The second kappa shape index (κ2) is 13.5. The number of anilines is 4. The second-order valence-electron chi connectivity index (χ2n) is 9.86. The summed E-state index contributed by atoms with van der Waals surface area (Å²) < 4.78 is 10.8. The highest BCUT2D eigenvalue weighted by Gasteiger charge is 2.24. The van der Waals surface area contributed by atoms with E-state index in [4.69, 9.17) is 9.47 Å². The van der Waals surface area contributed by atoms with Gasteiger partial charge in [0.05, 0.1) is 25.5 Å². The van der Waals surface area contributed by atoms with E-state index in [9.17, 15) is 9.59 Å². The van der Waals surface area contributed by atoms with E-state index in [0.717, 1.165) is 48.9 Å². The summed E-state index contributed by atoms with van der Waals surface area (Å²) in [5, 5.41) is 8.71. The molecule has 0 unspecified atom stereocenters. The van der Waals surface area contributed by atoms with Gasteiger partial charge in [0, 0.05) is 55.9 Å². The van der Waals surface area contributed by atoms with Gasteiger partial charge in [0.25, 0.3) is 5.91 Å². The zero-order valence-corrected chi connectivity index (χ0v) is 23.8. The first-order chi connectivity index (χ1) is 20.5. The lowest BCUT2D eigenvalue weighted by Crippen LogP contribution is -2.47. The molecule has 9 heteroatoms. The van der Waals surface area contributed by atoms with E-state index < -0.39 is 6.03 Å². The van der Waals surface area contributed by atoms with Crippen molar-refractivity contribution in [1.82, 2.24) is 5.32 Å². The number of para-hydroxylation sites is 2. The maximum absolute atomic E-state index is 13.5. The Morgan fingerprint density at radius 3 is 2.07 bits per heavy atom. The van der Waals surface area contributed by atoms with Gasteiger partial charge in [-0.05, 0) is 48.0 Å². The van der Waals surface area contributed by atoms with Gasteiger partial charge in [-0.2, -0.15) is 0 Å². The number of urea groups is 1. The van der Waals surface area contributed by atoms with E-state index in [1.165, 1.54) is 0 Å². The lowest BCUT2D eigenvalue weighted by Gasteiger charge is -2.38. The molecule has 216 valence electrons. The molecule has 9 nitrogen and oxygen atoms in total. The number of ether oxygens (including phenoxy) is 2. The van der Waals surface area contributed by atoms with Gasteiger partial charge in [0.15, 0.2) is 0 Å². The third-order valence-electron chi connectivity index (χ3n) is 7.17. The molecule has 0 aromatic heterocycles. The van der Waals surface area contributed by atoms with E-state index in [2.05, 4.69) is 31.8 Å². The molecule has 1 aliphatic rings. The lowest BCUT2D eigenvalue weighted by molar-refractivity contribution is 0.0951. The van der Waals surface area contributed by atoms with Gasteiger partial charge in [-0.15, -0.1) is 0 Å². The molecule has 0 saturated carbocycles. The fourth-order valence-electron chi connectivity index (χ4n) is 5.02. The molecule has 3 N–H and O–H groups in total. The SMILES string of the molecule is COc1cccc(NC(=O)Nc2ccc(N3CCN(c4ccccc4OC)CC3)c(C(=O)NCc3ccccc3)c2)c1. The molecule has 4 aromatic rings. The quantitative estimate of drug-likeness (QED) is 0.244. The molecule has 42 heavy (non-hydrogen) atoms. The number of nitrogens with zero attached hydrogens (tertiary/aromatic N) is 2. The first kappa shape index (κ1) is 28.4. The van der Waals surface area contributed by atoms with Crippen LogP contribution in [0.15, 0.2) is 97.1 Å². The van der Waals surface area contributed by atoms with Gasteiger partial charge in [0.2, 0.25) is 0 Å². The van der Waals surface area contributed by atoms with Crippen LogP contribution >= 0.6 is 0 Å². The van der Waals surface area contributed by atoms with Crippen LogP contribution in [0.4, 0.5) is 27.5 Å². The van der Waals surface area contributed by atoms with Crippen molar-refractivity contribution in [3.05, 3.63) is 108 Å². The molecule has 1 aliphatic heterocycles. The Morgan fingerprint density at radius 1 is 0.690 bits per heavy atom. The van der Waals surface area contributed by atoms with Crippen LogP contribution in [0.25, 0.3) is 0 Å². The number of carbonyl (C=O) groups excluding carboxylic acids is 2. The fraction of sp³-hybridized carbons (Fsp3) is 0.212. The predicted molar refractivity (Wildman–Crippen MR) is 167 cm³/mol. The van der Waals surface area contributed by atoms with Crippen LogP contribution in [0, 0.1) is 0 Å². The maximum atomic E-state index is 13.5. The number of nitrogens with one attached hydrogen (secondary N) is 3. The first-order valence-corrected chi connectivity index (χ1v) is 13.8. The van der Waals surface area contributed by atoms with Crippen molar-refractivity contribution in [3.63, 3.8) is 0 Å². The minimum absolute atomic E-state index is 0.210. The van der Waals surface area contributed by atoms with Crippen LogP contribution in [0.3, 0.4) is 0 Å². The number of amides is 3. The largest absolute Gasteiger partial charge is 0.497 e. The third kappa shape index (κ3) is 6.93. The highest BCUT2D eigenvalue weighted by Crippen LogP contribution is 2.31. The molecule has 1 fully saturated rings. The minimum atomic E-state index is -0.419. The summed E-state index contributed by atoms with van der Waals surface area (Å²) in [4.78, 5) is 30.8. The van der Waals surface area contributed by atoms with Gasteiger partial charge in [-0.3, -0.25) is 4.79 Å². The molecule has 3 amide bonds. The van der Waals surface area contributed by atoms with Gasteiger partial charge < -0.3 is 35.2 Å². The monoisotopic (exact) mass is 565 g/mol. The molecule has 0 spiro atoms. The number of hydrogen-bond donors (Lipinski definition) is 3. The molecule has 0 atom stereocenters. The van der Waals surface area contributed by atoms with Gasteiger partial charge >= 0.3 is 6.03 Å². The van der Waals surface area contributed by atoms with Crippen molar-refractivity contribution < 1.29 is 19.1 Å². The zero-order valence-electron chi connectivity index (χ0n) is 23.8. The standard InChI is InChI=1S/C33H35N5O4/c1-41-27-12-8-11-25(21-27)35-33(40)36-26-15-16-29(28(22-26)32(39)34-23-24-9-4-3-5-10-24)37-17-19-38(20-18-37)30-13-6-7-14-31(30)42-2/h3-16,21-22H,17-20,23H2,1-2H3,(H,34,39)(H2,35,36,40). The van der Waals surface area contributed by atoms with Crippen molar-refractivity contribution in [2.75, 3.05) is 60.8 Å². The normalized spacial score (nSPS) is 12.8. The van der Waals surface area contributed by atoms with Crippen molar-refractivity contribution in [3.8, 4) is 11.5 Å². The van der Waals surface area contributed by atoms with Gasteiger partial charge in [-0.1, -0.05) is 48.5 Å². The Morgan fingerprint density at radius 2 is 1.36 bits per heavy atom. The summed E-state index contributed by atoms with van der Waals surface area (Å²) in [5.74, 6) is 1.27. The van der Waals surface area contributed by atoms with Crippen LogP contribution < -0.4 is 35.2 Å². The summed E-state index contributed by atoms with van der Waals surface area (Å²) in [6, 6.07) is 29.9. The van der Waals surface area contributed by atoms with E-state index in [1.54, 1.807) is 44.6 Å². The van der Waals surface area contributed by atoms with Crippen LogP contribution in [0.5, 0.6) is 11.5 Å². The van der Waals surface area contributed by atoms with E-state index >= 15 is 0 Å². The Balaban J connectivity index is 1.33. The summed E-state index contributed by atoms with van der Waals surface area (Å²) in [7, 11) is 3.26. The molecule has 5 rings (SSSR count). The predicted octanol–water partition coefficient (Wildman–Crippen LogP) is 5.60. The number of carbonyl (C=O) groups is 2. The average Bonchev–Trinajstić information content (AvgIpc) is 3.04. The fourth-order valence-corrected chi connectivity index (χ4v) is 5.02. The van der Waals surface area contributed by atoms with Crippen LogP contribution in [0.2, 0.25) is 0 Å². The Kier molecular flexibility index (Phi) is 9.08. The van der Waals surface area contributed by atoms with E-state index in [-0.39, 0.29) is 5.91 Å². The highest BCUT2D eigenvalue weighted by molar-refractivity contribution is 6.04. The summed E-state index contributed by atoms with van der Waals surface area (Å²) in [5.41, 5.74) is 4.48. The highest BCUT2D eigenvalue weighted by atomic mass is 16.5. The second-order valence-corrected chi connectivity index (χ2v) is 9.86. The average molecular weight is 566 g/mol. The molecule has 0 bridgehead atoms. The zero-order chi connectivity index (χ0) is 29.3. The van der Waals surface area contributed by atoms with Gasteiger partial charge in [-0.25, -0.2) is 4.79 Å². The van der Waals surface area contributed by atoms with Crippen molar-refractivity contribution in [2.24, 2.45) is 0 Å². The number of piperazine rings is 1. The number of rotatable bonds is 9. The Bertz CT molecular complexity index is 1520. The number of hydrogen-bond acceptors (Lipinski definition) is 6. The summed E-state index contributed by atoms with van der Waals surface area (Å²) in [6.45, 7) is 3.39. The minimum Gasteiger partial charge on any atom is -0.497 e. The van der Waals surface area contributed by atoms with Crippen LogP contribution in [-0.4, -0.2) is 52.3 Å². The number of methoxy groups -OCH3 is 2. The maximum Gasteiger partial charge on any atom is 0.323 e. The number of benzene rings is 4. The topological polar surface area (TPSA) is 95.2 Å². The van der Waals surface area contributed by atoms with Crippen molar-refractivity contribution in [1.29, 1.82) is 0 Å². The van der Waals surface area contributed by atoms with Crippen molar-refractivity contribution >= 4 is 34.7 Å². The molecule has 1 heterocycles. The van der Waals surface area contributed by atoms with Crippen LogP contribution in [0.1, 0.15) is 15.9 Å². The van der Waals surface area contributed by atoms with Crippen molar-refractivity contribution in [2.45, 2.75) is 6.54 Å². The Labute approximate surface area is 246 Å². The molecular formula is C33H35N5O4. The van der Waals surface area contributed by atoms with Gasteiger partial charge in [0.1, 0.15) is 11.5 Å². The summed E-state index contributed by atoms with van der Waals surface area (Å²) >= 11 is 0. The lowest BCUT2D eigenvalue weighted by atomic mass is 10.1. The molecule has 0 radical (unpaired) electrons. The summed E-state index contributed by atoms with van der Waals surface area (Å²) in [6.07, 6.45) is 0. The van der Waals surface area contributed by atoms with Crippen LogP contribution in [-0.2, 0) is 6.54 Å². The Hall–Kier alpha value is -5.18.